The van der Waals surface area contributed by atoms with Crippen LogP contribution in [-0.4, -0.2) is 50.3 Å². The lowest BCUT2D eigenvalue weighted by atomic mass is 10.1. The number of carbonyl (C=O) groups excluding carboxylic acids is 2. The van der Waals surface area contributed by atoms with Crippen LogP contribution in [0.5, 0.6) is 23.0 Å². The lowest BCUT2D eigenvalue weighted by Crippen LogP contribution is -2.37. The van der Waals surface area contributed by atoms with Gasteiger partial charge in [-0.3, -0.25) is 9.59 Å². The number of amides is 2. The number of hydrogen-bond acceptors (Lipinski definition) is 6. The highest BCUT2D eigenvalue weighted by Crippen LogP contribution is 2.34. The molecular weight excluding hydrogens is 567 g/mol. The van der Waals surface area contributed by atoms with Crippen molar-refractivity contribution in [3.63, 3.8) is 0 Å². The van der Waals surface area contributed by atoms with Gasteiger partial charge < -0.3 is 29.1 Å². The summed E-state index contributed by atoms with van der Waals surface area (Å²) < 4.78 is 16.2. The van der Waals surface area contributed by atoms with Crippen LogP contribution in [0.25, 0.3) is 0 Å². The van der Waals surface area contributed by atoms with E-state index >= 15 is 0 Å². The standard InChI is InChI=1S/C16H14ClNO3.C15H12ClNO3/c1-20-14-7-6-11(10-12(14)17)16(19)18-8-9-21-15-5-3-2-4-13(15)18;16-11-9-10(5-6-13(11)18)15(19)17-7-8-20-14-4-2-1-3-12(14)17/h2-7,10H,8-9H2,1H3;1-6,9,18H,7-8H2. The molecule has 0 saturated carbocycles. The first-order valence-electron chi connectivity index (χ1n) is 12.8. The maximum absolute atomic E-state index is 12.7. The Morgan fingerprint density at radius 2 is 1.22 bits per heavy atom. The molecule has 2 aliphatic heterocycles. The monoisotopic (exact) mass is 592 g/mol. The molecule has 2 aliphatic rings. The molecule has 1 N–H and O–H groups in total. The minimum absolute atomic E-state index is 0.0365. The Labute approximate surface area is 247 Å². The summed E-state index contributed by atoms with van der Waals surface area (Å²) in [7, 11) is 1.54. The van der Waals surface area contributed by atoms with E-state index in [0.29, 0.717) is 54.0 Å². The number of phenolic OH excluding ortho intramolecular Hbond substituents is 1. The summed E-state index contributed by atoms with van der Waals surface area (Å²) >= 11 is 11.9. The van der Waals surface area contributed by atoms with Crippen LogP contribution < -0.4 is 24.0 Å². The Morgan fingerprint density at radius 3 is 1.71 bits per heavy atom. The van der Waals surface area contributed by atoms with E-state index in [2.05, 4.69) is 0 Å². The number of nitrogens with zero attached hydrogens (tertiary/aromatic N) is 2. The number of phenols is 1. The molecule has 4 aromatic rings. The van der Waals surface area contributed by atoms with Crippen molar-refractivity contribution in [3.05, 3.63) is 106 Å². The van der Waals surface area contributed by atoms with Gasteiger partial charge >= 0.3 is 0 Å². The number of carbonyl (C=O) groups is 2. The number of halogens is 2. The van der Waals surface area contributed by atoms with Gasteiger partial charge in [0.05, 0.1) is 41.6 Å². The van der Waals surface area contributed by atoms with Gasteiger partial charge in [-0.1, -0.05) is 47.5 Å². The SMILES string of the molecule is COc1ccc(C(=O)N2CCOc3ccccc32)cc1Cl.O=C(c1ccc(O)c(Cl)c1)N1CCOc2ccccc21. The molecule has 0 unspecified atom stereocenters. The maximum Gasteiger partial charge on any atom is 0.258 e. The van der Waals surface area contributed by atoms with Gasteiger partial charge in [0.1, 0.15) is 36.2 Å². The molecule has 0 fully saturated rings. The topological polar surface area (TPSA) is 88.5 Å². The molecule has 8 nitrogen and oxygen atoms in total. The van der Waals surface area contributed by atoms with Crippen molar-refractivity contribution in [2.45, 2.75) is 0 Å². The first-order valence-corrected chi connectivity index (χ1v) is 13.5. The largest absolute Gasteiger partial charge is 0.506 e. The third kappa shape index (κ3) is 6.04. The molecule has 4 aromatic carbocycles. The van der Waals surface area contributed by atoms with E-state index in [1.165, 1.54) is 12.1 Å². The van der Waals surface area contributed by atoms with Gasteiger partial charge in [0.15, 0.2) is 0 Å². The number of benzene rings is 4. The first kappa shape index (κ1) is 28.1. The molecule has 2 amide bonds. The summed E-state index contributed by atoms with van der Waals surface area (Å²) in [5.74, 6) is 1.66. The highest BCUT2D eigenvalue weighted by atomic mass is 35.5. The van der Waals surface area contributed by atoms with Crippen molar-refractivity contribution in [3.8, 4) is 23.0 Å². The number of anilines is 2. The van der Waals surface area contributed by atoms with E-state index < -0.39 is 0 Å². The number of ether oxygens (including phenoxy) is 3. The minimum Gasteiger partial charge on any atom is -0.506 e. The van der Waals surface area contributed by atoms with Crippen molar-refractivity contribution >= 4 is 46.4 Å². The second kappa shape index (κ2) is 12.4. The summed E-state index contributed by atoms with van der Waals surface area (Å²) in [6.45, 7) is 1.93. The second-order valence-electron chi connectivity index (χ2n) is 9.06. The molecule has 0 saturated heterocycles. The Hall–Kier alpha value is -4.40. The van der Waals surface area contributed by atoms with Gasteiger partial charge in [-0.05, 0) is 60.7 Å². The number of aromatic hydroxyl groups is 1. The van der Waals surface area contributed by atoms with Crippen molar-refractivity contribution in [2.24, 2.45) is 0 Å². The van der Waals surface area contributed by atoms with Gasteiger partial charge in [0.25, 0.3) is 11.8 Å². The number of para-hydroxylation sites is 4. The number of rotatable bonds is 3. The molecule has 0 radical (unpaired) electrons. The van der Waals surface area contributed by atoms with Crippen LogP contribution >= 0.6 is 23.2 Å². The molecule has 6 rings (SSSR count). The van der Waals surface area contributed by atoms with E-state index in [1.807, 2.05) is 48.5 Å². The third-order valence-corrected chi connectivity index (χ3v) is 7.14. The van der Waals surface area contributed by atoms with E-state index in [1.54, 1.807) is 41.2 Å². The fourth-order valence-corrected chi connectivity index (χ4v) is 4.95. The summed E-state index contributed by atoms with van der Waals surface area (Å²) in [4.78, 5) is 28.6. The van der Waals surface area contributed by atoms with Gasteiger partial charge in [-0.15, -0.1) is 0 Å². The average molecular weight is 593 g/mol. The second-order valence-corrected chi connectivity index (χ2v) is 9.88. The van der Waals surface area contributed by atoms with Crippen molar-refractivity contribution in [1.82, 2.24) is 0 Å². The Balaban J connectivity index is 0.000000165. The van der Waals surface area contributed by atoms with Crippen LogP contribution in [0.15, 0.2) is 84.9 Å². The zero-order valence-electron chi connectivity index (χ0n) is 22.1. The Kier molecular flexibility index (Phi) is 8.52. The highest BCUT2D eigenvalue weighted by Gasteiger charge is 2.26. The number of hydrogen-bond donors (Lipinski definition) is 1. The summed E-state index contributed by atoms with van der Waals surface area (Å²) in [5, 5.41) is 10.0. The quantitative estimate of drug-likeness (QED) is 0.293. The first-order chi connectivity index (χ1) is 19.9. The van der Waals surface area contributed by atoms with E-state index in [0.717, 1.165) is 17.1 Å². The molecule has 210 valence electrons. The zero-order valence-corrected chi connectivity index (χ0v) is 23.6. The van der Waals surface area contributed by atoms with E-state index in [-0.39, 0.29) is 22.6 Å². The molecule has 41 heavy (non-hydrogen) atoms. The van der Waals surface area contributed by atoms with Gasteiger partial charge in [-0.25, -0.2) is 0 Å². The summed E-state index contributed by atoms with van der Waals surface area (Å²) in [6.07, 6.45) is 0. The average Bonchev–Trinajstić information content (AvgIpc) is 3.01. The normalized spacial score (nSPS) is 13.4. The predicted molar refractivity (Wildman–Crippen MR) is 158 cm³/mol. The number of fused-ring (bicyclic) bond motifs is 2. The smallest absolute Gasteiger partial charge is 0.258 e. The fraction of sp³-hybridized carbons (Fsp3) is 0.161. The van der Waals surface area contributed by atoms with Crippen molar-refractivity contribution in [1.29, 1.82) is 0 Å². The Morgan fingerprint density at radius 1 is 0.732 bits per heavy atom. The summed E-state index contributed by atoms with van der Waals surface area (Å²) in [5.41, 5.74) is 2.48. The van der Waals surface area contributed by atoms with Crippen LogP contribution in [0, 0.1) is 0 Å². The van der Waals surface area contributed by atoms with Gasteiger partial charge in [0.2, 0.25) is 0 Å². The molecule has 0 spiro atoms. The van der Waals surface area contributed by atoms with Crippen LogP contribution in [0.1, 0.15) is 20.7 Å². The lowest BCUT2D eigenvalue weighted by Gasteiger charge is -2.29. The van der Waals surface area contributed by atoms with Crippen LogP contribution in [0.3, 0.4) is 0 Å². The molecule has 0 aliphatic carbocycles. The molecular formula is C31H26Cl2N2O6. The molecule has 10 heteroatoms. The number of methoxy groups -OCH3 is 1. The predicted octanol–water partition coefficient (Wildman–Crippen LogP) is 6.47. The lowest BCUT2D eigenvalue weighted by molar-refractivity contribution is 0.0969. The van der Waals surface area contributed by atoms with Crippen molar-refractivity contribution in [2.75, 3.05) is 43.2 Å². The van der Waals surface area contributed by atoms with Crippen LogP contribution in [-0.2, 0) is 0 Å². The molecule has 0 bridgehead atoms. The van der Waals surface area contributed by atoms with Crippen LogP contribution in [0.2, 0.25) is 10.0 Å². The third-order valence-electron chi connectivity index (χ3n) is 6.54. The van der Waals surface area contributed by atoms with Crippen molar-refractivity contribution < 1.29 is 28.9 Å². The maximum atomic E-state index is 12.7. The Bertz CT molecular complexity index is 1590. The molecule has 0 atom stereocenters. The minimum atomic E-state index is -0.164. The fourth-order valence-electron chi connectivity index (χ4n) is 4.51. The zero-order chi connectivity index (χ0) is 28.9. The van der Waals surface area contributed by atoms with E-state index in [4.69, 9.17) is 37.4 Å². The van der Waals surface area contributed by atoms with Gasteiger partial charge in [0, 0.05) is 11.1 Å². The molecule has 0 aromatic heterocycles. The van der Waals surface area contributed by atoms with E-state index in [9.17, 15) is 14.7 Å². The highest BCUT2D eigenvalue weighted by molar-refractivity contribution is 6.33. The van der Waals surface area contributed by atoms with Crippen LogP contribution in [0.4, 0.5) is 11.4 Å². The molecule has 2 heterocycles. The van der Waals surface area contributed by atoms with Gasteiger partial charge in [-0.2, -0.15) is 0 Å². The summed E-state index contributed by atoms with van der Waals surface area (Å²) in [6, 6.07) is 24.4.